The summed E-state index contributed by atoms with van der Waals surface area (Å²) >= 11 is 0. The van der Waals surface area contributed by atoms with Crippen molar-refractivity contribution in [2.45, 2.75) is 6.92 Å². The highest BCUT2D eigenvalue weighted by Crippen LogP contribution is 2.21. The number of piperazine rings is 1. The number of halogens is 3. The molecule has 1 aliphatic rings. The Bertz CT molecular complexity index is 723. The van der Waals surface area contributed by atoms with E-state index in [1.54, 1.807) is 4.90 Å². The summed E-state index contributed by atoms with van der Waals surface area (Å²) in [6, 6.07) is 3.44. The van der Waals surface area contributed by atoms with Crippen LogP contribution >= 0.6 is 24.0 Å². The Hall–Kier alpha value is -1.17. The summed E-state index contributed by atoms with van der Waals surface area (Å²) in [6.45, 7) is 5.01. The van der Waals surface area contributed by atoms with Crippen LogP contribution in [0.1, 0.15) is 6.92 Å². The van der Waals surface area contributed by atoms with Gasteiger partial charge in [-0.2, -0.15) is 0 Å². The van der Waals surface area contributed by atoms with Gasteiger partial charge in [-0.1, -0.05) is 0 Å². The van der Waals surface area contributed by atoms with Crippen LogP contribution in [0.2, 0.25) is 0 Å². The van der Waals surface area contributed by atoms with Gasteiger partial charge in [0.05, 0.1) is 18.0 Å². The molecule has 1 aromatic rings. The van der Waals surface area contributed by atoms with Crippen molar-refractivity contribution in [2.75, 3.05) is 56.2 Å². The van der Waals surface area contributed by atoms with Gasteiger partial charge in [0.1, 0.15) is 21.5 Å². The molecule has 0 bridgehead atoms. The van der Waals surface area contributed by atoms with Crippen molar-refractivity contribution in [3.8, 4) is 0 Å². The van der Waals surface area contributed by atoms with Crippen molar-refractivity contribution in [1.29, 1.82) is 0 Å². The fourth-order valence-corrected chi connectivity index (χ4v) is 3.05. The molecule has 0 spiro atoms. The molecule has 1 N–H and O–H groups in total. The monoisotopic (exact) mass is 502 g/mol. The van der Waals surface area contributed by atoms with E-state index in [9.17, 15) is 17.2 Å². The molecular formula is C16H25F2IN4O2S. The summed E-state index contributed by atoms with van der Waals surface area (Å²) < 4.78 is 49.7. The Balaban J connectivity index is 0.00000338. The van der Waals surface area contributed by atoms with Crippen molar-refractivity contribution in [1.82, 2.24) is 10.2 Å². The third-order valence-corrected chi connectivity index (χ3v) is 4.81. The number of nitrogens with zero attached hydrogens (tertiary/aromatic N) is 3. The Morgan fingerprint density at radius 2 is 1.88 bits per heavy atom. The number of anilines is 1. The van der Waals surface area contributed by atoms with E-state index in [0.29, 0.717) is 38.7 Å². The summed E-state index contributed by atoms with van der Waals surface area (Å²) in [5, 5.41) is 3.14. The third-order valence-electron chi connectivity index (χ3n) is 3.89. The summed E-state index contributed by atoms with van der Waals surface area (Å²) in [5.74, 6) is -0.264. The smallest absolute Gasteiger partial charge is 0.194 e. The number of aliphatic imine (C=N–C) groups is 1. The standard InChI is InChI=1S/C16H24F2N4O2S.HI/c1-3-19-16(20-6-11-25(2,23)24)22-9-7-21(8-10-22)15-12-13(17)4-5-14(15)18;/h4-5,12H,3,6-11H2,1-2H3,(H,19,20);1H. The van der Waals surface area contributed by atoms with Gasteiger partial charge >= 0.3 is 0 Å². The molecule has 10 heteroatoms. The number of hydrogen-bond acceptors (Lipinski definition) is 4. The maximum atomic E-state index is 13.9. The number of rotatable bonds is 5. The number of benzene rings is 1. The lowest BCUT2D eigenvalue weighted by atomic mass is 10.2. The quantitative estimate of drug-likeness (QED) is 0.378. The largest absolute Gasteiger partial charge is 0.366 e. The zero-order valence-electron chi connectivity index (χ0n) is 14.9. The summed E-state index contributed by atoms with van der Waals surface area (Å²) in [6.07, 6.45) is 1.18. The molecule has 148 valence electrons. The van der Waals surface area contributed by atoms with Gasteiger partial charge in [0, 0.05) is 45.0 Å². The van der Waals surface area contributed by atoms with Crippen molar-refractivity contribution < 1.29 is 17.2 Å². The van der Waals surface area contributed by atoms with Crippen molar-refractivity contribution in [2.24, 2.45) is 4.99 Å². The van der Waals surface area contributed by atoms with E-state index in [1.165, 1.54) is 12.3 Å². The van der Waals surface area contributed by atoms with Gasteiger partial charge < -0.3 is 15.1 Å². The van der Waals surface area contributed by atoms with Crippen LogP contribution < -0.4 is 10.2 Å². The van der Waals surface area contributed by atoms with Gasteiger partial charge in [-0.3, -0.25) is 4.99 Å². The zero-order valence-corrected chi connectivity index (χ0v) is 18.1. The first-order valence-corrected chi connectivity index (χ1v) is 10.3. The molecule has 1 fully saturated rings. The fraction of sp³-hybridized carbons (Fsp3) is 0.562. The number of sulfone groups is 1. The molecule has 1 heterocycles. The van der Waals surface area contributed by atoms with Crippen LogP contribution in [0.4, 0.5) is 14.5 Å². The summed E-state index contributed by atoms with van der Waals surface area (Å²) in [7, 11) is -3.06. The maximum Gasteiger partial charge on any atom is 0.194 e. The minimum absolute atomic E-state index is 0. The van der Waals surface area contributed by atoms with Crippen molar-refractivity contribution in [3.05, 3.63) is 29.8 Å². The molecule has 26 heavy (non-hydrogen) atoms. The van der Waals surface area contributed by atoms with E-state index in [4.69, 9.17) is 0 Å². The van der Waals surface area contributed by atoms with E-state index >= 15 is 0 Å². The Morgan fingerprint density at radius 1 is 1.23 bits per heavy atom. The Kier molecular flexibility index (Phi) is 9.01. The van der Waals surface area contributed by atoms with E-state index in [-0.39, 0.29) is 42.0 Å². The molecule has 1 aliphatic heterocycles. The van der Waals surface area contributed by atoms with Gasteiger partial charge in [0.2, 0.25) is 0 Å². The van der Waals surface area contributed by atoms with Crippen LogP contribution in [-0.4, -0.2) is 70.6 Å². The lowest BCUT2D eigenvalue weighted by Crippen LogP contribution is -2.52. The second kappa shape index (κ2) is 10.2. The highest BCUT2D eigenvalue weighted by Gasteiger charge is 2.22. The van der Waals surface area contributed by atoms with E-state index in [1.807, 2.05) is 11.8 Å². The molecule has 0 radical (unpaired) electrons. The lowest BCUT2D eigenvalue weighted by molar-refractivity contribution is 0.371. The van der Waals surface area contributed by atoms with Gasteiger partial charge in [-0.25, -0.2) is 17.2 Å². The minimum Gasteiger partial charge on any atom is -0.366 e. The average Bonchev–Trinajstić information content (AvgIpc) is 2.55. The molecule has 0 saturated carbocycles. The van der Waals surface area contributed by atoms with E-state index < -0.39 is 21.5 Å². The predicted octanol–water partition coefficient (Wildman–Crippen LogP) is 1.71. The van der Waals surface area contributed by atoms with Crippen LogP contribution in [0.15, 0.2) is 23.2 Å². The molecule has 2 rings (SSSR count). The van der Waals surface area contributed by atoms with Crippen molar-refractivity contribution >= 4 is 45.5 Å². The molecule has 1 aromatic carbocycles. The van der Waals surface area contributed by atoms with Crippen LogP contribution in [0.5, 0.6) is 0 Å². The molecule has 6 nitrogen and oxygen atoms in total. The highest BCUT2D eigenvalue weighted by atomic mass is 127. The SMILES string of the molecule is CCNC(=NCCS(C)(=O)=O)N1CCN(c2cc(F)ccc2F)CC1.I. The molecule has 0 atom stereocenters. The second-order valence-electron chi connectivity index (χ2n) is 5.94. The summed E-state index contributed by atoms with van der Waals surface area (Å²) in [5.41, 5.74) is 0.263. The fourth-order valence-electron chi connectivity index (χ4n) is 2.63. The molecule has 0 aliphatic carbocycles. The second-order valence-corrected chi connectivity index (χ2v) is 8.20. The Morgan fingerprint density at radius 3 is 2.46 bits per heavy atom. The van der Waals surface area contributed by atoms with E-state index in [0.717, 1.165) is 12.1 Å². The molecule has 1 saturated heterocycles. The zero-order chi connectivity index (χ0) is 18.4. The average molecular weight is 502 g/mol. The maximum absolute atomic E-state index is 13.9. The van der Waals surface area contributed by atoms with Gasteiger partial charge in [0.15, 0.2) is 5.96 Å². The number of guanidine groups is 1. The molecule has 0 aromatic heterocycles. The van der Waals surface area contributed by atoms with Crippen molar-refractivity contribution in [3.63, 3.8) is 0 Å². The van der Waals surface area contributed by atoms with Crippen LogP contribution in [-0.2, 0) is 9.84 Å². The molecular weight excluding hydrogens is 477 g/mol. The first-order chi connectivity index (χ1) is 11.8. The predicted molar refractivity (Wildman–Crippen MR) is 111 cm³/mol. The van der Waals surface area contributed by atoms with Crippen LogP contribution in [0.25, 0.3) is 0 Å². The van der Waals surface area contributed by atoms with Gasteiger partial charge in [0.25, 0.3) is 0 Å². The first kappa shape index (κ1) is 22.9. The first-order valence-electron chi connectivity index (χ1n) is 8.21. The van der Waals surface area contributed by atoms with Crippen LogP contribution in [0, 0.1) is 11.6 Å². The lowest BCUT2D eigenvalue weighted by Gasteiger charge is -2.37. The normalized spacial score (nSPS) is 15.6. The number of hydrogen-bond donors (Lipinski definition) is 1. The molecule has 0 unspecified atom stereocenters. The highest BCUT2D eigenvalue weighted by molar-refractivity contribution is 14.0. The van der Waals surface area contributed by atoms with Gasteiger partial charge in [-0.05, 0) is 19.1 Å². The topological polar surface area (TPSA) is 65.0 Å². The van der Waals surface area contributed by atoms with E-state index in [2.05, 4.69) is 10.3 Å². The molecule has 0 amide bonds. The van der Waals surface area contributed by atoms with Gasteiger partial charge in [-0.15, -0.1) is 24.0 Å². The third kappa shape index (κ3) is 6.86. The summed E-state index contributed by atoms with van der Waals surface area (Å²) in [4.78, 5) is 8.15. The Labute approximate surface area is 170 Å². The number of nitrogens with one attached hydrogen (secondary N) is 1. The van der Waals surface area contributed by atoms with Crippen LogP contribution in [0.3, 0.4) is 0 Å². The minimum atomic E-state index is -3.06.